The molecule has 9 heteroatoms. The van der Waals surface area contributed by atoms with Gasteiger partial charge in [-0.15, -0.1) is 0 Å². The van der Waals surface area contributed by atoms with Crippen LogP contribution in [0.15, 0.2) is 83.8 Å². The Kier molecular flexibility index (Phi) is 10.3. The zero-order valence-electron chi connectivity index (χ0n) is 21.9. The highest BCUT2D eigenvalue weighted by Crippen LogP contribution is 2.26. The van der Waals surface area contributed by atoms with Gasteiger partial charge in [0.15, 0.2) is 0 Å². The summed E-state index contributed by atoms with van der Waals surface area (Å²) in [5.41, 5.74) is 2.05. The van der Waals surface area contributed by atoms with Gasteiger partial charge < -0.3 is 10.2 Å². The molecule has 0 heterocycles. The van der Waals surface area contributed by atoms with Crippen molar-refractivity contribution in [2.45, 2.75) is 51.1 Å². The molecule has 202 valence electrons. The maximum absolute atomic E-state index is 13.9. The molecule has 0 aliphatic heterocycles. The normalized spacial score (nSPS) is 12.0. The van der Waals surface area contributed by atoms with E-state index >= 15 is 0 Å². The second-order valence-electron chi connectivity index (χ2n) is 9.02. The number of carbonyl (C=O) groups is 2. The van der Waals surface area contributed by atoms with Crippen LogP contribution in [0.3, 0.4) is 0 Å². The number of halogens is 1. The van der Waals surface area contributed by atoms with Crippen molar-refractivity contribution in [1.82, 2.24) is 10.2 Å². The summed E-state index contributed by atoms with van der Waals surface area (Å²) < 4.78 is 28.7. The molecule has 0 aromatic heterocycles. The van der Waals surface area contributed by atoms with Gasteiger partial charge in [0.25, 0.3) is 10.0 Å². The Balaban J connectivity index is 2.03. The first-order valence-electron chi connectivity index (χ1n) is 12.6. The van der Waals surface area contributed by atoms with E-state index in [0.29, 0.717) is 23.7 Å². The van der Waals surface area contributed by atoms with Crippen molar-refractivity contribution < 1.29 is 18.0 Å². The lowest BCUT2D eigenvalue weighted by atomic mass is 10.1. The monoisotopic (exact) mass is 555 g/mol. The van der Waals surface area contributed by atoms with Gasteiger partial charge in [-0.3, -0.25) is 13.9 Å². The number of nitrogens with zero attached hydrogens (tertiary/aromatic N) is 2. The summed E-state index contributed by atoms with van der Waals surface area (Å²) in [6, 6.07) is 21.3. The van der Waals surface area contributed by atoms with Crippen molar-refractivity contribution in [3.63, 3.8) is 0 Å². The molecule has 38 heavy (non-hydrogen) atoms. The average Bonchev–Trinajstić information content (AvgIpc) is 2.91. The summed E-state index contributed by atoms with van der Waals surface area (Å²) in [5.74, 6) is -0.754. The van der Waals surface area contributed by atoms with Crippen molar-refractivity contribution in [1.29, 1.82) is 0 Å². The fourth-order valence-corrected chi connectivity index (χ4v) is 5.58. The minimum atomic E-state index is -4.11. The van der Waals surface area contributed by atoms with Gasteiger partial charge in [0.05, 0.1) is 10.6 Å². The molecule has 0 spiro atoms. The molecular weight excluding hydrogens is 522 g/mol. The summed E-state index contributed by atoms with van der Waals surface area (Å²) in [4.78, 5) is 28.5. The molecule has 0 aliphatic rings. The number of anilines is 1. The van der Waals surface area contributed by atoms with Crippen molar-refractivity contribution in [3.8, 4) is 0 Å². The van der Waals surface area contributed by atoms with E-state index < -0.39 is 28.5 Å². The average molecular weight is 556 g/mol. The quantitative estimate of drug-likeness (QED) is 0.334. The third-order valence-electron chi connectivity index (χ3n) is 6.13. The van der Waals surface area contributed by atoms with Gasteiger partial charge in [0.1, 0.15) is 12.6 Å². The van der Waals surface area contributed by atoms with E-state index in [4.69, 9.17) is 11.6 Å². The lowest BCUT2D eigenvalue weighted by Gasteiger charge is -2.33. The smallest absolute Gasteiger partial charge is 0.264 e. The molecule has 0 radical (unpaired) electrons. The Labute approximate surface area is 230 Å². The molecular formula is C29H34ClN3O4S. The molecule has 3 aromatic carbocycles. The minimum absolute atomic E-state index is 0.0631. The second kappa shape index (κ2) is 13.4. The van der Waals surface area contributed by atoms with Gasteiger partial charge in [-0.1, -0.05) is 73.5 Å². The largest absolute Gasteiger partial charge is 0.354 e. The van der Waals surface area contributed by atoms with E-state index in [1.165, 1.54) is 17.0 Å². The second-order valence-corrected chi connectivity index (χ2v) is 11.3. The van der Waals surface area contributed by atoms with Crippen LogP contribution in [0.2, 0.25) is 5.02 Å². The van der Waals surface area contributed by atoms with E-state index in [0.717, 1.165) is 21.9 Å². The Hall–Kier alpha value is -3.36. The van der Waals surface area contributed by atoms with Crippen LogP contribution in [0, 0.1) is 6.92 Å². The number of hydrogen-bond donors (Lipinski definition) is 1. The van der Waals surface area contributed by atoms with Crippen molar-refractivity contribution in [2.75, 3.05) is 17.4 Å². The maximum Gasteiger partial charge on any atom is 0.264 e. The summed E-state index contributed by atoms with van der Waals surface area (Å²) in [7, 11) is -4.11. The number of amides is 2. The van der Waals surface area contributed by atoms with Gasteiger partial charge in [-0.05, 0) is 61.7 Å². The van der Waals surface area contributed by atoms with Crippen LogP contribution in [0.4, 0.5) is 5.69 Å². The van der Waals surface area contributed by atoms with Gasteiger partial charge in [-0.25, -0.2) is 8.42 Å². The molecule has 0 unspecified atom stereocenters. The van der Waals surface area contributed by atoms with Crippen molar-refractivity contribution in [2.24, 2.45) is 0 Å². The summed E-state index contributed by atoms with van der Waals surface area (Å²) in [5, 5.41) is 3.32. The lowest BCUT2D eigenvalue weighted by molar-refractivity contribution is -0.140. The van der Waals surface area contributed by atoms with Crippen molar-refractivity contribution in [3.05, 3.63) is 95.0 Å². The number of sulfonamides is 1. The number of benzene rings is 3. The van der Waals surface area contributed by atoms with Gasteiger partial charge in [-0.2, -0.15) is 0 Å². The number of nitrogens with one attached hydrogen (secondary N) is 1. The maximum atomic E-state index is 13.9. The standard InChI is InChI=1S/C29H34ClN3O4S/c1-4-19-31-29(35)27(5-2)32(20-23-9-7-6-8-10-23)28(34)21-33(25-15-13-24(30)14-16-25)38(36,37)26-17-11-22(3)12-18-26/h6-18,27H,4-5,19-21H2,1-3H3,(H,31,35)/t27-/m0/s1. The van der Waals surface area contributed by atoms with Crippen LogP contribution in [-0.4, -0.2) is 44.3 Å². The highest BCUT2D eigenvalue weighted by molar-refractivity contribution is 7.92. The number of aryl methyl sites for hydroxylation is 1. The first kappa shape index (κ1) is 29.2. The molecule has 0 saturated carbocycles. The van der Waals surface area contributed by atoms with Crippen LogP contribution in [0.25, 0.3) is 0 Å². The fraction of sp³-hybridized carbons (Fsp3) is 0.310. The summed E-state index contributed by atoms with van der Waals surface area (Å²) in [6.45, 7) is 5.82. The highest BCUT2D eigenvalue weighted by atomic mass is 35.5. The van der Waals surface area contributed by atoms with Crippen LogP contribution in [0.1, 0.15) is 37.8 Å². The Morgan fingerprint density at radius 3 is 2.13 bits per heavy atom. The molecule has 1 N–H and O–H groups in total. The van der Waals surface area contributed by atoms with E-state index in [1.54, 1.807) is 36.4 Å². The SMILES string of the molecule is CCCNC(=O)[C@H](CC)N(Cc1ccccc1)C(=O)CN(c1ccc(Cl)cc1)S(=O)(=O)c1ccc(C)cc1. The number of rotatable bonds is 12. The summed E-state index contributed by atoms with van der Waals surface area (Å²) >= 11 is 6.06. The number of hydrogen-bond acceptors (Lipinski definition) is 4. The van der Waals surface area contributed by atoms with E-state index in [2.05, 4.69) is 5.32 Å². The first-order chi connectivity index (χ1) is 18.2. The predicted octanol–water partition coefficient (Wildman–Crippen LogP) is 5.18. The first-order valence-corrected chi connectivity index (χ1v) is 14.4. The molecule has 0 fully saturated rings. The van der Waals surface area contributed by atoms with Gasteiger partial charge in [0, 0.05) is 18.1 Å². The number of carbonyl (C=O) groups excluding carboxylic acids is 2. The zero-order valence-corrected chi connectivity index (χ0v) is 23.5. The van der Waals surface area contributed by atoms with Crippen LogP contribution in [-0.2, 0) is 26.2 Å². The van der Waals surface area contributed by atoms with Crippen molar-refractivity contribution >= 4 is 39.1 Å². The zero-order chi connectivity index (χ0) is 27.7. The summed E-state index contributed by atoms with van der Waals surface area (Å²) in [6.07, 6.45) is 1.13. The van der Waals surface area contributed by atoms with Crippen LogP contribution >= 0.6 is 11.6 Å². The minimum Gasteiger partial charge on any atom is -0.354 e. The molecule has 0 aliphatic carbocycles. The molecule has 2 amide bonds. The molecule has 0 bridgehead atoms. The third-order valence-corrected chi connectivity index (χ3v) is 8.17. The van der Waals surface area contributed by atoms with Crippen LogP contribution in [0.5, 0.6) is 0 Å². The fourth-order valence-electron chi connectivity index (χ4n) is 4.04. The molecule has 7 nitrogen and oxygen atoms in total. The Morgan fingerprint density at radius 2 is 1.55 bits per heavy atom. The Morgan fingerprint density at radius 1 is 0.921 bits per heavy atom. The third kappa shape index (κ3) is 7.36. The molecule has 3 rings (SSSR count). The Bertz CT molecular complexity index is 1310. The van der Waals surface area contributed by atoms with Gasteiger partial charge >= 0.3 is 0 Å². The lowest BCUT2D eigenvalue weighted by Crippen LogP contribution is -2.52. The molecule has 1 atom stereocenters. The van der Waals surface area contributed by atoms with Gasteiger partial charge in [0.2, 0.25) is 11.8 Å². The molecule has 3 aromatic rings. The predicted molar refractivity (Wildman–Crippen MR) is 152 cm³/mol. The molecule has 0 saturated heterocycles. The van der Waals surface area contributed by atoms with E-state index in [9.17, 15) is 18.0 Å². The van der Waals surface area contributed by atoms with E-state index in [-0.39, 0.29) is 17.3 Å². The van der Waals surface area contributed by atoms with E-state index in [1.807, 2.05) is 51.1 Å². The highest BCUT2D eigenvalue weighted by Gasteiger charge is 2.33. The van der Waals surface area contributed by atoms with Crippen LogP contribution < -0.4 is 9.62 Å². The topological polar surface area (TPSA) is 86.8 Å².